The van der Waals surface area contributed by atoms with Gasteiger partial charge in [0, 0.05) is 0 Å². The van der Waals surface area contributed by atoms with E-state index < -0.39 is 6.10 Å². The lowest BCUT2D eigenvalue weighted by atomic mass is 10.2. The third kappa shape index (κ3) is 4.91. The summed E-state index contributed by atoms with van der Waals surface area (Å²) in [6.45, 7) is 0.0862. The van der Waals surface area contributed by atoms with E-state index in [1.807, 2.05) is 0 Å². The maximum atomic E-state index is 9.47. The van der Waals surface area contributed by atoms with Crippen molar-refractivity contribution in [2.75, 3.05) is 6.54 Å². The van der Waals surface area contributed by atoms with Crippen LogP contribution in [0.4, 0.5) is 0 Å². The van der Waals surface area contributed by atoms with Crippen molar-refractivity contribution in [2.24, 2.45) is 5.18 Å². The first-order chi connectivity index (χ1) is 4.31. The molecule has 0 aliphatic heterocycles. The zero-order valence-corrected chi connectivity index (χ0v) is 4.95. The topological polar surface area (TPSA) is 73.4 Å². The molecule has 50 valence electrons. The van der Waals surface area contributed by atoms with Crippen molar-refractivity contribution in [3.05, 3.63) is 4.91 Å². The normalized spacial score (nSPS) is 12.0. The standard InChI is InChI=1S/C5H8N2O2/c6-3-1-5(8)2-4-7-9/h5,8H,1-2,4H2/t5-/m0/s1. The Hall–Kier alpha value is -0.950. The van der Waals surface area contributed by atoms with Crippen molar-refractivity contribution in [2.45, 2.75) is 18.9 Å². The molecule has 0 bridgehead atoms. The summed E-state index contributed by atoms with van der Waals surface area (Å²) < 4.78 is 0. The molecular formula is C5H8N2O2. The fourth-order valence-electron chi connectivity index (χ4n) is 0.409. The molecule has 1 atom stereocenters. The number of aliphatic hydroxyl groups is 1. The van der Waals surface area contributed by atoms with Crippen molar-refractivity contribution in [3.8, 4) is 6.07 Å². The average Bonchev–Trinajstić information content (AvgIpc) is 1.85. The van der Waals surface area contributed by atoms with E-state index in [2.05, 4.69) is 5.18 Å². The zero-order chi connectivity index (χ0) is 7.11. The molecule has 0 spiro atoms. The second-order valence-electron chi connectivity index (χ2n) is 1.66. The monoisotopic (exact) mass is 128 g/mol. The Bertz CT molecular complexity index is 119. The van der Waals surface area contributed by atoms with Crippen LogP contribution in [-0.4, -0.2) is 17.8 Å². The predicted molar refractivity (Wildman–Crippen MR) is 31.5 cm³/mol. The lowest BCUT2D eigenvalue weighted by Gasteiger charge is -1.99. The first-order valence-corrected chi connectivity index (χ1v) is 2.65. The minimum Gasteiger partial charge on any atom is -0.392 e. The second-order valence-corrected chi connectivity index (χ2v) is 1.66. The Kier molecular flexibility index (Phi) is 4.64. The predicted octanol–water partition coefficient (Wildman–Crippen LogP) is 0.417. The Labute approximate surface area is 53.1 Å². The van der Waals surface area contributed by atoms with Crippen LogP contribution in [-0.2, 0) is 0 Å². The SMILES string of the molecule is N#CC[C@H](O)CCN=O. The van der Waals surface area contributed by atoms with Crippen LogP contribution in [0.25, 0.3) is 0 Å². The summed E-state index contributed by atoms with van der Waals surface area (Å²) in [6.07, 6.45) is -0.320. The van der Waals surface area contributed by atoms with Crippen LogP contribution < -0.4 is 0 Å². The Balaban J connectivity index is 3.17. The van der Waals surface area contributed by atoms with Crippen molar-refractivity contribution < 1.29 is 5.11 Å². The van der Waals surface area contributed by atoms with Crippen LogP contribution >= 0.6 is 0 Å². The number of nitrogens with zero attached hydrogens (tertiary/aromatic N) is 2. The molecule has 0 fully saturated rings. The van der Waals surface area contributed by atoms with Gasteiger partial charge in [0.2, 0.25) is 0 Å². The van der Waals surface area contributed by atoms with Gasteiger partial charge >= 0.3 is 0 Å². The van der Waals surface area contributed by atoms with Crippen molar-refractivity contribution >= 4 is 0 Å². The van der Waals surface area contributed by atoms with E-state index in [9.17, 15) is 4.91 Å². The minimum absolute atomic E-state index is 0.0789. The third-order valence-electron chi connectivity index (χ3n) is 0.881. The molecule has 0 saturated carbocycles. The molecular weight excluding hydrogens is 120 g/mol. The fourth-order valence-corrected chi connectivity index (χ4v) is 0.409. The molecule has 4 nitrogen and oxygen atoms in total. The van der Waals surface area contributed by atoms with Gasteiger partial charge in [-0.15, -0.1) is 0 Å². The molecule has 0 aromatic carbocycles. The fraction of sp³-hybridized carbons (Fsp3) is 0.800. The average molecular weight is 128 g/mol. The summed E-state index contributed by atoms with van der Waals surface area (Å²) >= 11 is 0. The van der Waals surface area contributed by atoms with Gasteiger partial charge in [-0.05, 0) is 6.42 Å². The summed E-state index contributed by atoms with van der Waals surface area (Å²) in [4.78, 5) is 9.47. The number of nitriles is 1. The minimum atomic E-state index is -0.687. The Morgan fingerprint density at radius 2 is 2.44 bits per heavy atom. The summed E-state index contributed by atoms with van der Waals surface area (Å²) in [5, 5.41) is 19.3. The first kappa shape index (κ1) is 8.05. The van der Waals surface area contributed by atoms with E-state index in [1.54, 1.807) is 6.07 Å². The van der Waals surface area contributed by atoms with E-state index in [1.165, 1.54) is 0 Å². The van der Waals surface area contributed by atoms with E-state index in [0.717, 1.165) is 0 Å². The number of hydrogen-bond acceptors (Lipinski definition) is 4. The highest BCUT2D eigenvalue weighted by atomic mass is 16.3. The van der Waals surface area contributed by atoms with Gasteiger partial charge in [0.15, 0.2) is 0 Å². The maximum absolute atomic E-state index is 9.47. The van der Waals surface area contributed by atoms with Gasteiger partial charge in [0.25, 0.3) is 0 Å². The molecule has 0 aliphatic carbocycles. The molecule has 1 N–H and O–H groups in total. The lowest BCUT2D eigenvalue weighted by molar-refractivity contribution is 0.172. The molecule has 0 saturated heterocycles. The molecule has 0 aromatic heterocycles. The summed E-state index contributed by atoms with van der Waals surface area (Å²) in [6, 6.07) is 1.78. The van der Waals surface area contributed by atoms with E-state index >= 15 is 0 Å². The third-order valence-corrected chi connectivity index (χ3v) is 0.881. The number of rotatable bonds is 4. The molecule has 0 rings (SSSR count). The molecule has 0 amide bonds. The highest BCUT2D eigenvalue weighted by Gasteiger charge is 2.00. The Morgan fingerprint density at radius 1 is 1.78 bits per heavy atom. The van der Waals surface area contributed by atoms with Gasteiger partial charge in [-0.25, -0.2) is 0 Å². The van der Waals surface area contributed by atoms with Crippen molar-refractivity contribution in [1.29, 1.82) is 5.26 Å². The van der Waals surface area contributed by atoms with Crippen LogP contribution in [0.15, 0.2) is 5.18 Å². The van der Waals surface area contributed by atoms with Gasteiger partial charge in [-0.1, -0.05) is 5.18 Å². The molecule has 0 radical (unpaired) electrons. The van der Waals surface area contributed by atoms with Crippen molar-refractivity contribution in [1.82, 2.24) is 0 Å². The maximum Gasteiger partial charge on any atom is 0.0836 e. The highest BCUT2D eigenvalue weighted by molar-refractivity contribution is 4.75. The lowest BCUT2D eigenvalue weighted by Crippen LogP contribution is -2.05. The van der Waals surface area contributed by atoms with Crippen LogP contribution in [0.3, 0.4) is 0 Å². The highest BCUT2D eigenvalue weighted by Crippen LogP contribution is 1.95. The summed E-state index contributed by atoms with van der Waals surface area (Å²) in [5.41, 5.74) is 0. The van der Waals surface area contributed by atoms with Gasteiger partial charge in [0.05, 0.1) is 25.1 Å². The first-order valence-electron chi connectivity index (χ1n) is 2.65. The second kappa shape index (κ2) is 5.19. The largest absolute Gasteiger partial charge is 0.392 e. The molecule has 9 heavy (non-hydrogen) atoms. The molecule has 0 heterocycles. The van der Waals surface area contributed by atoms with Crippen LogP contribution in [0.1, 0.15) is 12.8 Å². The molecule has 0 aliphatic rings. The summed E-state index contributed by atoms with van der Waals surface area (Å²) in [7, 11) is 0. The molecule has 4 heteroatoms. The molecule has 0 unspecified atom stereocenters. The van der Waals surface area contributed by atoms with Crippen LogP contribution in [0.2, 0.25) is 0 Å². The number of nitroso groups, excluding NO2 is 1. The smallest absolute Gasteiger partial charge is 0.0836 e. The van der Waals surface area contributed by atoms with Crippen molar-refractivity contribution in [3.63, 3.8) is 0 Å². The zero-order valence-electron chi connectivity index (χ0n) is 4.95. The van der Waals surface area contributed by atoms with Gasteiger partial charge in [-0.3, -0.25) is 0 Å². The summed E-state index contributed by atoms with van der Waals surface area (Å²) in [5.74, 6) is 0. The van der Waals surface area contributed by atoms with E-state index in [4.69, 9.17) is 10.4 Å². The van der Waals surface area contributed by atoms with Crippen LogP contribution in [0.5, 0.6) is 0 Å². The van der Waals surface area contributed by atoms with E-state index in [-0.39, 0.29) is 19.4 Å². The Morgan fingerprint density at radius 3 is 2.89 bits per heavy atom. The number of aliphatic hydroxyl groups excluding tert-OH is 1. The van der Waals surface area contributed by atoms with Gasteiger partial charge in [0.1, 0.15) is 0 Å². The quantitative estimate of drug-likeness (QED) is 0.557. The molecule has 0 aromatic rings. The van der Waals surface area contributed by atoms with Crippen LogP contribution in [0, 0.1) is 16.2 Å². The number of hydrogen-bond donors (Lipinski definition) is 1. The van der Waals surface area contributed by atoms with E-state index in [0.29, 0.717) is 0 Å². The van der Waals surface area contributed by atoms with Gasteiger partial charge in [-0.2, -0.15) is 10.2 Å². The van der Waals surface area contributed by atoms with Gasteiger partial charge < -0.3 is 5.11 Å².